The molecule has 0 spiro atoms. The van der Waals surface area contributed by atoms with Gasteiger partial charge in [-0.05, 0) is 54.7 Å². The number of nitrogens with zero attached hydrogens (tertiary/aromatic N) is 2. The molecule has 5 nitrogen and oxygen atoms in total. The van der Waals surface area contributed by atoms with E-state index in [1.807, 2.05) is 23.1 Å². The Kier molecular flexibility index (Phi) is 8.98. The third-order valence-electron chi connectivity index (χ3n) is 6.96. The Bertz CT molecular complexity index is 970. The minimum atomic E-state index is 0.0468. The minimum Gasteiger partial charge on any atom is -0.493 e. The average Bonchev–Trinajstić information content (AvgIpc) is 2.86. The van der Waals surface area contributed by atoms with Crippen LogP contribution in [0.2, 0.25) is 10.0 Å². The van der Waals surface area contributed by atoms with Gasteiger partial charge in [-0.15, -0.1) is 0 Å². The molecule has 0 unspecified atom stereocenters. The highest BCUT2D eigenvalue weighted by Crippen LogP contribution is 2.30. The summed E-state index contributed by atoms with van der Waals surface area (Å²) in [5.74, 6) is 2.05. The first-order chi connectivity index (χ1) is 16.5. The molecule has 1 aliphatic heterocycles. The van der Waals surface area contributed by atoms with Crippen molar-refractivity contribution in [3.8, 4) is 11.5 Å². The van der Waals surface area contributed by atoms with Crippen LogP contribution in [-0.2, 0) is 6.42 Å². The molecule has 1 heterocycles. The largest absolute Gasteiger partial charge is 0.493 e. The third-order valence-corrected chi connectivity index (χ3v) is 7.54. The van der Waals surface area contributed by atoms with E-state index in [-0.39, 0.29) is 5.91 Å². The Morgan fingerprint density at radius 1 is 0.971 bits per heavy atom. The molecular weight excluding hydrogens is 471 g/mol. The summed E-state index contributed by atoms with van der Waals surface area (Å²) < 4.78 is 11.5. The summed E-state index contributed by atoms with van der Waals surface area (Å²) in [6.45, 7) is 5.02. The zero-order valence-electron chi connectivity index (χ0n) is 19.9. The number of halogens is 2. The topological polar surface area (TPSA) is 42.0 Å². The van der Waals surface area contributed by atoms with Crippen LogP contribution in [0.5, 0.6) is 11.5 Å². The molecule has 1 amide bonds. The van der Waals surface area contributed by atoms with E-state index in [2.05, 4.69) is 4.90 Å². The fraction of sp³-hybridized carbons (Fsp3) is 0.519. The molecule has 1 saturated carbocycles. The van der Waals surface area contributed by atoms with Crippen LogP contribution in [0.1, 0.15) is 48.0 Å². The highest BCUT2D eigenvalue weighted by molar-refractivity contribution is 6.35. The van der Waals surface area contributed by atoms with Crippen LogP contribution in [0.3, 0.4) is 0 Å². The highest BCUT2D eigenvalue weighted by Gasteiger charge is 2.25. The van der Waals surface area contributed by atoms with Crippen LogP contribution < -0.4 is 9.47 Å². The SMILES string of the molecule is COc1ccc(C(=O)N2CCN(CC3CCCCC3)CC2)cc1OCCc1ccc(Cl)cc1Cl. The summed E-state index contributed by atoms with van der Waals surface area (Å²) in [4.78, 5) is 17.7. The summed E-state index contributed by atoms with van der Waals surface area (Å²) in [6, 6.07) is 10.9. The summed E-state index contributed by atoms with van der Waals surface area (Å²) in [5, 5.41) is 1.23. The van der Waals surface area contributed by atoms with Crippen molar-refractivity contribution in [3.05, 3.63) is 57.6 Å². The molecular formula is C27H34Cl2N2O3. The van der Waals surface area contributed by atoms with Crippen molar-refractivity contribution in [1.29, 1.82) is 0 Å². The van der Waals surface area contributed by atoms with Gasteiger partial charge in [0.05, 0.1) is 13.7 Å². The number of carbonyl (C=O) groups is 1. The number of hydrogen-bond donors (Lipinski definition) is 0. The summed E-state index contributed by atoms with van der Waals surface area (Å²) in [7, 11) is 1.60. The van der Waals surface area contributed by atoms with Crippen LogP contribution in [0.4, 0.5) is 0 Å². The molecule has 1 aliphatic carbocycles. The maximum Gasteiger partial charge on any atom is 0.254 e. The Balaban J connectivity index is 1.32. The van der Waals surface area contributed by atoms with Crippen LogP contribution in [-0.4, -0.2) is 62.1 Å². The highest BCUT2D eigenvalue weighted by atomic mass is 35.5. The lowest BCUT2D eigenvalue weighted by Crippen LogP contribution is -2.49. The van der Waals surface area contributed by atoms with E-state index in [1.165, 1.54) is 38.6 Å². The summed E-state index contributed by atoms with van der Waals surface area (Å²) >= 11 is 12.2. The van der Waals surface area contributed by atoms with Gasteiger partial charge in [0.2, 0.25) is 0 Å². The van der Waals surface area contributed by atoms with E-state index in [0.717, 1.165) is 37.7 Å². The smallest absolute Gasteiger partial charge is 0.254 e. The van der Waals surface area contributed by atoms with Crippen LogP contribution in [0, 0.1) is 5.92 Å². The second-order valence-electron chi connectivity index (χ2n) is 9.30. The molecule has 34 heavy (non-hydrogen) atoms. The zero-order chi connectivity index (χ0) is 23.9. The quantitative estimate of drug-likeness (QED) is 0.444. The van der Waals surface area contributed by atoms with Crippen molar-refractivity contribution in [2.45, 2.75) is 38.5 Å². The molecule has 0 N–H and O–H groups in total. The monoisotopic (exact) mass is 504 g/mol. The molecule has 4 rings (SSSR count). The van der Waals surface area contributed by atoms with Crippen molar-refractivity contribution in [2.75, 3.05) is 46.4 Å². The van der Waals surface area contributed by atoms with E-state index in [4.69, 9.17) is 32.7 Å². The Hall–Kier alpha value is -1.95. The molecule has 0 radical (unpaired) electrons. The summed E-state index contributed by atoms with van der Waals surface area (Å²) in [6.07, 6.45) is 7.48. The number of rotatable bonds is 8. The van der Waals surface area contributed by atoms with Crippen LogP contribution in [0.15, 0.2) is 36.4 Å². The van der Waals surface area contributed by atoms with Crippen LogP contribution >= 0.6 is 23.2 Å². The minimum absolute atomic E-state index is 0.0468. The van der Waals surface area contributed by atoms with Crippen LogP contribution in [0.25, 0.3) is 0 Å². The van der Waals surface area contributed by atoms with Gasteiger partial charge in [-0.3, -0.25) is 9.69 Å². The number of ether oxygens (including phenoxy) is 2. The maximum absolute atomic E-state index is 13.2. The Labute approximate surface area is 212 Å². The van der Waals surface area contributed by atoms with Crippen molar-refractivity contribution in [2.24, 2.45) is 5.92 Å². The molecule has 0 atom stereocenters. The predicted octanol–water partition coefficient (Wildman–Crippen LogP) is 5.96. The van der Waals surface area contributed by atoms with Gasteiger partial charge in [-0.25, -0.2) is 0 Å². The lowest BCUT2D eigenvalue weighted by Gasteiger charge is -2.37. The molecule has 2 fully saturated rings. The van der Waals surface area contributed by atoms with E-state index in [9.17, 15) is 4.79 Å². The number of amides is 1. The number of carbonyl (C=O) groups excluding carboxylic acids is 1. The second kappa shape index (κ2) is 12.1. The van der Waals surface area contributed by atoms with E-state index < -0.39 is 0 Å². The van der Waals surface area contributed by atoms with Gasteiger partial charge in [-0.2, -0.15) is 0 Å². The fourth-order valence-corrected chi connectivity index (χ4v) is 5.47. The van der Waals surface area contributed by atoms with E-state index in [0.29, 0.717) is 40.1 Å². The lowest BCUT2D eigenvalue weighted by molar-refractivity contribution is 0.0605. The number of piperazine rings is 1. The first-order valence-corrected chi connectivity index (χ1v) is 13.1. The fourth-order valence-electron chi connectivity index (χ4n) is 4.97. The van der Waals surface area contributed by atoms with Gasteiger partial charge in [-0.1, -0.05) is 48.5 Å². The number of hydrogen-bond acceptors (Lipinski definition) is 4. The Morgan fingerprint density at radius 2 is 1.74 bits per heavy atom. The number of benzene rings is 2. The lowest BCUT2D eigenvalue weighted by atomic mass is 9.89. The first kappa shape index (κ1) is 25.2. The molecule has 7 heteroatoms. The van der Waals surface area contributed by atoms with Gasteiger partial charge >= 0.3 is 0 Å². The van der Waals surface area contributed by atoms with Crippen molar-refractivity contribution in [3.63, 3.8) is 0 Å². The summed E-state index contributed by atoms with van der Waals surface area (Å²) in [5.41, 5.74) is 1.59. The van der Waals surface area contributed by atoms with Gasteiger partial charge < -0.3 is 14.4 Å². The standard InChI is InChI=1S/C27H34Cl2N2O3/c1-33-25-10-8-22(17-26(25)34-16-11-21-7-9-23(28)18-24(21)29)27(32)31-14-12-30(13-15-31)19-20-5-3-2-4-6-20/h7-10,17-18,20H,2-6,11-16,19H2,1H3. The Morgan fingerprint density at radius 3 is 2.44 bits per heavy atom. The number of methoxy groups -OCH3 is 1. The molecule has 2 aromatic carbocycles. The normalized spacial score (nSPS) is 17.6. The van der Waals surface area contributed by atoms with E-state index in [1.54, 1.807) is 25.3 Å². The molecule has 1 saturated heterocycles. The molecule has 2 aromatic rings. The molecule has 184 valence electrons. The average molecular weight is 505 g/mol. The van der Waals surface area contributed by atoms with Crippen molar-refractivity contribution >= 4 is 29.1 Å². The molecule has 0 aromatic heterocycles. The van der Waals surface area contributed by atoms with Gasteiger partial charge in [0.15, 0.2) is 11.5 Å². The third kappa shape index (κ3) is 6.59. The van der Waals surface area contributed by atoms with Gasteiger partial charge in [0, 0.05) is 54.8 Å². The zero-order valence-corrected chi connectivity index (χ0v) is 21.4. The van der Waals surface area contributed by atoms with E-state index >= 15 is 0 Å². The molecule has 0 bridgehead atoms. The van der Waals surface area contributed by atoms with Crippen molar-refractivity contribution in [1.82, 2.24) is 9.80 Å². The first-order valence-electron chi connectivity index (χ1n) is 12.3. The maximum atomic E-state index is 13.2. The van der Waals surface area contributed by atoms with Gasteiger partial charge in [0.25, 0.3) is 5.91 Å². The predicted molar refractivity (Wildman–Crippen MR) is 138 cm³/mol. The van der Waals surface area contributed by atoms with Crippen molar-refractivity contribution < 1.29 is 14.3 Å². The molecule has 2 aliphatic rings. The van der Waals surface area contributed by atoms with Gasteiger partial charge in [0.1, 0.15) is 0 Å². The second-order valence-corrected chi connectivity index (χ2v) is 10.1.